The molecule has 1 aromatic heterocycles. The van der Waals surface area contributed by atoms with Crippen LogP contribution >= 0.6 is 0 Å². The van der Waals surface area contributed by atoms with Crippen LogP contribution in [0.5, 0.6) is 11.5 Å². The van der Waals surface area contributed by atoms with Crippen molar-refractivity contribution in [3.8, 4) is 45.4 Å². The molecular weight excluding hydrogens is 695 g/mol. The molecule has 0 N–H and O–H groups in total. The third-order valence-corrected chi connectivity index (χ3v) is 12.3. The largest absolute Gasteiger partial charge is 0.456 e. The van der Waals surface area contributed by atoms with Gasteiger partial charge in [0, 0.05) is 33.4 Å². The van der Waals surface area contributed by atoms with Crippen LogP contribution in [0.2, 0.25) is 0 Å². The van der Waals surface area contributed by atoms with E-state index in [1.807, 2.05) is 18.2 Å². The molecular formula is C53H35N3O. The van der Waals surface area contributed by atoms with E-state index in [1.165, 1.54) is 44.2 Å². The van der Waals surface area contributed by atoms with Gasteiger partial charge in [-0.25, -0.2) is 15.0 Å². The van der Waals surface area contributed by atoms with Crippen molar-refractivity contribution in [2.24, 2.45) is 0 Å². The summed E-state index contributed by atoms with van der Waals surface area (Å²) in [5.74, 6) is 3.76. The van der Waals surface area contributed by atoms with Gasteiger partial charge in [0.1, 0.15) is 11.5 Å². The van der Waals surface area contributed by atoms with E-state index < -0.39 is 5.41 Å². The molecule has 4 aliphatic rings. The summed E-state index contributed by atoms with van der Waals surface area (Å²) in [6.45, 7) is 0. The van der Waals surface area contributed by atoms with Gasteiger partial charge >= 0.3 is 0 Å². The Morgan fingerprint density at radius 1 is 0.509 bits per heavy atom. The summed E-state index contributed by atoms with van der Waals surface area (Å²) in [6, 6.07) is 54.3. The second kappa shape index (κ2) is 12.4. The molecule has 4 heteroatoms. The average Bonchev–Trinajstić information content (AvgIpc) is 3.57. The van der Waals surface area contributed by atoms with Crippen LogP contribution < -0.4 is 4.74 Å². The number of nitrogens with zero attached hydrogens (tertiary/aromatic N) is 3. The molecule has 2 heterocycles. The van der Waals surface area contributed by atoms with Gasteiger partial charge in [-0.05, 0) is 87.2 Å². The molecule has 7 aromatic carbocycles. The maximum absolute atomic E-state index is 7.10. The van der Waals surface area contributed by atoms with Crippen LogP contribution in [0.1, 0.15) is 57.6 Å². The van der Waals surface area contributed by atoms with E-state index in [2.05, 4.69) is 158 Å². The van der Waals surface area contributed by atoms with Gasteiger partial charge in [0.25, 0.3) is 0 Å². The van der Waals surface area contributed by atoms with Gasteiger partial charge in [0.2, 0.25) is 0 Å². The third-order valence-electron chi connectivity index (χ3n) is 12.3. The van der Waals surface area contributed by atoms with Gasteiger partial charge < -0.3 is 4.74 Å². The minimum absolute atomic E-state index is 0.544. The monoisotopic (exact) mass is 729 g/mol. The highest BCUT2D eigenvalue weighted by Crippen LogP contribution is 2.63. The fraction of sp³-hybridized carbons (Fsp3) is 0.0755. The van der Waals surface area contributed by atoms with Crippen LogP contribution in [0, 0.1) is 0 Å². The molecule has 0 saturated carbocycles. The van der Waals surface area contributed by atoms with Gasteiger partial charge in [-0.3, -0.25) is 0 Å². The molecule has 0 fully saturated rings. The van der Waals surface area contributed by atoms with Crippen molar-refractivity contribution in [2.45, 2.75) is 24.7 Å². The van der Waals surface area contributed by atoms with Gasteiger partial charge in [-0.1, -0.05) is 158 Å². The maximum atomic E-state index is 7.10. The molecule has 0 atom stereocenters. The number of aromatic nitrogens is 3. The summed E-state index contributed by atoms with van der Waals surface area (Å²) in [6.07, 6.45) is 11.6. The van der Waals surface area contributed by atoms with E-state index in [4.69, 9.17) is 19.7 Å². The summed E-state index contributed by atoms with van der Waals surface area (Å²) in [5.41, 5.74) is 14.5. The van der Waals surface area contributed by atoms with Crippen LogP contribution in [-0.2, 0) is 11.8 Å². The van der Waals surface area contributed by atoms with Gasteiger partial charge in [0.15, 0.2) is 17.5 Å². The number of ether oxygens (including phenoxy) is 1. The standard InChI is InChI=1S/C53H35N3O/c1-2-15-34(16-3-1)50-54-51(37-31-35-19-12-17-33-18-13-20-36(32-37)48(33)35)56-52(55-50)42-24-5-4-21-38(42)41-25-14-29-46-49(41)57-47-30-11-10-28-45(47)53(46)43-26-8-6-22-39(43)40-23-7-9-27-44(40)53/h1-4,6-17,19-23,25-32H,5,18,24H2. The minimum atomic E-state index is -0.544. The Morgan fingerprint density at radius 3 is 2.00 bits per heavy atom. The second-order valence-electron chi connectivity index (χ2n) is 15.3. The summed E-state index contributed by atoms with van der Waals surface area (Å²) in [5, 5.41) is 2.51. The van der Waals surface area contributed by atoms with E-state index in [-0.39, 0.29) is 0 Å². The van der Waals surface area contributed by atoms with Crippen molar-refractivity contribution in [1.29, 1.82) is 0 Å². The lowest BCUT2D eigenvalue weighted by Crippen LogP contribution is -2.32. The van der Waals surface area contributed by atoms with E-state index in [1.54, 1.807) is 0 Å². The van der Waals surface area contributed by atoms with Gasteiger partial charge in [-0.15, -0.1) is 0 Å². The van der Waals surface area contributed by atoms with E-state index >= 15 is 0 Å². The minimum Gasteiger partial charge on any atom is -0.456 e. The molecule has 1 aliphatic heterocycles. The van der Waals surface area contributed by atoms with Gasteiger partial charge in [0.05, 0.1) is 5.41 Å². The highest BCUT2D eigenvalue weighted by Gasteiger charge is 2.51. The van der Waals surface area contributed by atoms with Crippen molar-refractivity contribution < 1.29 is 4.74 Å². The normalized spacial score (nSPS) is 15.2. The number of benzene rings is 7. The molecule has 4 nitrogen and oxygen atoms in total. The molecule has 3 aliphatic carbocycles. The molecule has 57 heavy (non-hydrogen) atoms. The third kappa shape index (κ3) is 4.71. The number of fused-ring (bicyclic) bond motifs is 9. The van der Waals surface area contributed by atoms with Crippen molar-refractivity contribution in [3.05, 3.63) is 215 Å². The van der Waals surface area contributed by atoms with E-state index in [9.17, 15) is 0 Å². The first kappa shape index (κ1) is 32.1. The molecule has 12 rings (SSSR count). The molecule has 1 spiro atoms. The van der Waals surface area contributed by atoms with Gasteiger partial charge in [-0.2, -0.15) is 0 Å². The van der Waals surface area contributed by atoms with Crippen LogP contribution in [-0.4, -0.2) is 15.0 Å². The zero-order valence-electron chi connectivity index (χ0n) is 31.1. The lowest BCUT2D eigenvalue weighted by molar-refractivity contribution is 0.435. The number of para-hydroxylation sites is 2. The fourth-order valence-corrected chi connectivity index (χ4v) is 9.88. The molecule has 0 bridgehead atoms. The molecule has 8 aromatic rings. The van der Waals surface area contributed by atoms with Crippen LogP contribution in [0.15, 0.2) is 170 Å². The SMILES string of the molecule is C1=CC(c2cccc3c2Oc2ccccc2C32c3ccccc3-c3ccccc32)=C(c2nc(-c3ccccc3)nc(-c3cc4c5c(cccc5c3)CC=C4)n2)CC1. The number of hydrogen-bond donors (Lipinski definition) is 0. The Hall–Kier alpha value is -7.17. The van der Waals surface area contributed by atoms with Crippen LogP contribution in [0.3, 0.4) is 0 Å². The summed E-state index contributed by atoms with van der Waals surface area (Å²) in [4.78, 5) is 15.8. The molecule has 268 valence electrons. The first-order chi connectivity index (χ1) is 28.3. The quantitative estimate of drug-likeness (QED) is 0.181. The maximum Gasteiger partial charge on any atom is 0.164 e. The average molecular weight is 730 g/mol. The van der Waals surface area contributed by atoms with Crippen LogP contribution in [0.25, 0.3) is 61.9 Å². The Bertz CT molecular complexity index is 3040. The van der Waals surface area contributed by atoms with Crippen molar-refractivity contribution in [2.75, 3.05) is 0 Å². The molecule has 0 amide bonds. The zero-order chi connectivity index (χ0) is 37.5. The predicted molar refractivity (Wildman–Crippen MR) is 230 cm³/mol. The Kier molecular flexibility index (Phi) is 7.00. The number of rotatable bonds is 4. The van der Waals surface area contributed by atoms with E-state index in [0.29, 0.717) is 17.5 Å². The summed E-state index contributed by atoms with van der Waals surface area (Å²) < 4.78 is 7.10. The van der Waals surface area contributed by atoms with Crippen molar-refractivity contribution >= 4 is 28.0 Å². The zero-order valence-corrected chi connectivity index (χ0v) is 31.1. The molecule has 0 saturated heterocycles. The lowest BCUT2D eigenvalue weighted by Gasteiger charge is -2.40. The van der Waals surface area contributed by atoms with Crippen molar-refractivity contribution in [1.82, 2.24) is 15.0 Å². The first-order valence-electron chi connectivity index (χ1n) is 19.8. The summed E-state index contributed by atoms with van der Waals surface area (Å²) >= 11 is 0. The highest BCUT2D eigenvalue weighted by molar-refractivity contribution is 6.00. The number of hydrogen-bond acceptors (Lipinski definition) is 4. The van der Waals surface area contributed by atoms with Crippen molar-refractivity contribution in [3.63, 3.8) is 0 Å². The van der Waals surface area contributed by atoms with Crippen LogP contribution in [0.4, 0.5) is 0 Å². The fourth-order valence-electron chi connectivity index (χ4n) is 9.88. The Morgan fingerprint density at radius 2 is 1.18 bits per heavy atom. The number of allylic oxidation sites excluding steroid dienone is 5. The highest BCUT2D eigenvalue weighted by atomic mass is 16.5. The molecule has 0 radical (unpaired) electrons. The first-order valence-corrected chi connectivity index (χ1v) is 19.8. The summed E-state index contributed by atoms with van der Waals surface area (Å²) in [7, 11) is 0. The lowest BCUT2D eigenvalue weighted by atomic mass is 9.65. The smallest absolute Gasteiger partial charge is 0.164 e. The second-order valence-corrected chi connectivity index (χ2v) is 15.3. The predicted octanol–water partition coefficient (Wildman–Crippen LogP) is 12.7. The van der Waals surface area contributed by atoms with E-state index in [0.717, 1.165) is 69.7 Å². The topological polar surface area (TPSA) is 47.9 Å². The Balaban J connectivity index is 1.10. The molecule has 0 unspecified atom stereocenters. The Labute approximate surface area is 331 Å².